The molecule has 0 heterocycles. The van der Waals surface area contributed by atoms with E-state index in [9.17, 15) is 9.50 Å². The zero-order valence-electron chi connectivity index (χ0n) is 11.5. The minimum Gasteiger partial charge on any atom is -0.394 e. The Bertz CT molecular complexity index is 607. The lowest BCUT2D eigenvalue weighted by molar-refractivity contribution is 0.235. The summed E-state index contributed by atoms with van der Waals surface area (Å²) in [7, 11) is 0. The highest BCUT2D eigenvalue weighted by atomic mass is 35.5. The van der Waals surface area contributed by atoms with Crippen molar-refractivity contribution < 1.29 is 9.50 Å². The van der Waals surface area contributed by atoms with Crippen molar-refractivity contribution in [3.8, 4) is 0 Å². The zero-order valence-corrected chi connectivity index (χ0v) is 13.0. The van der Waals surface area contributed by atoms with Crippen molar-refractivity contribution >= 4 is 23.2 Å². The van der Waals surface area contributed by atoms with Crippen LogP contribution in [0.25, 0.3) is 0 Å². The summed E-state index contributed by atoms with van der Waals surface area (Å²) in [5.74, 6) is -0.509. The molecule has 2 N–H and O–H groups in total. The van der Waals surface area contributed by atoms with Crippen molar-refractivity contribution in [3.63, 3.8) is 0 Å². The van der Waals surface area contributed by atoms with E-state index in [2.05, 4.69) is 5.32 Å². The number of aliphatic hydroxyl groups is 1. The Labute approximate surface area is 133 Å². The first kappa shape index (κ1) is 16.2. The van der Waals surface area contributed by atoms with Crippen LogP contribution < -0.4 is 5.32 Å². The second-order valence-electron chi connectivity index (χ2n) is 4.79. The van der Waals surface area contributed by atoms with Gasteiger partial charge in [-0.05, 0) is 24.6 Å². The van der Waals surface area contributed by atoms with E-state index in [1.54, 1.807) is 0 Å². The molecule has 0 fully saturated rings. The molecule has 2 nitrogen and oxygen atoms in total. The molecule has 5 heteroatoms. The van der Waals surface area contributed by atoms with Crippen molar-refractivity contribution in [2.45, 2.75) is 19.0 Å². The molecule has 0 saturated heterocycles. The molecule has 0 bridgehead atoms. The molecular formula is C16H16Cl2FNO. The maximum Gasteiger partial charge on any atom is 0.142 e. The molecule has 0 spiro atoms. The van der Waals surface area contributed by atoms with E-state index in [-0.39, 0.29) is 23.7 Å². The fraction of sp³-hybridized carbons (Fsp3) is 0.250. The first-order valence-corrected chi connectivity index (χ1v) is 7.35. The van der Waals surface area contributed by atoms with E-state index >= 15 is 0 Å². The molecule has 2 aromatic rings. The fourth-order valence-electron chi connectivity index (χ4n) is 2.26. The van der Waals surface area contributed by atoms with Gasteiger partial charge in [0.25, 0.3) is 0 Å². The third kappa shape index (κ3) is 3.74. The number of rotatable bonds is 5. The average molecular weight is 328 g/mol. The quantitative estimate of drug-likeness (QED) is 0.791. The van der Waals surface area contributed by atoms with Crippen molar-refractivity contribution in [2.75, 3.05) is 6.61 Å². The maximum absolute atomic E-state index is 13.6. The molecule has 2 atom stereocenters. The summed E-state index contributed by atoms with van der Waals surface area (Å²) in [4.78, 5) is 0. The number of nitrogens with one attached hydrogen (secondary N) is 1. The molecule has 0 aliphatic carbocycles. The van der Waals surface area contributed by atoms with Gasteiger partial charge in [0.1, 0.15) is 5.82 Å². The van der Waals surface area contributed by atoms with Gasteiger partial charge in [-0.25, -0.2) is 4.39 Å². The van der Waals surface area contributed by atoms with Crippen LogP contribution >= 0.6 is 23.2 Å². The van der Waals surface area contributed by atoms with E-state index in [0.29, 0.717) is 10.6 Å². The third-order valence-electron chi connectivity index (χ3n) is 3.35. The van der Waals surface area contributed by atoms with E-state index < -0.39 is 5.82 Å². The third-order valence-corrected chi connectivity index (χ3v) is 4.06. The van der Waals surface area contributed by atoms with Crippen LogP contribution in [0, 0.1) is 5.82 Å². The smallest absolute Gasteiger partial charge is 0.142 e. The molecule has 112 valence electrons. The van der Waals surface area contributed by atoms with Crippen LogP contribution in [-0.2, 0) is 0 Å². The standard InChI is InChI=1S/C16H16Cl2FNO/c1-10(15-12(17)7-8-13(19)16(15)18)20-14(9-21)11-5-3-2-4-6-11/h2-8,10,14,20-21H,9H2,1H3/t10?,14-/m0/s1. The lowest BCUT2D eigenvalue weighted by Gasteiger charge is -2.24. The van der Waals surface area contributed by atoms with Crippen molar-refractivity contribution in [1.29, 1.82) is 0 Å². The van der Waals surface area contributed by atoms with Crippen LogP contribution in [0.1, 0.15) is 30.1 Å². The molecule has 0 amide bonds. The average Bonchev–Trinajstić information content (AvgIpc) is 2.50. The van der Waals surface area contributed by atoms with Crippen molar-refractivity contribution in [1.82, 2.24) is 5.32 Å². The highest BCUT2D eigenvalue weighted by Gasteiger charge is 2.20. The molecule has 2 aromatic carbocycles. The van der Waals surface area contributed by atoms with Crippen LogP contribution in [0.15, 0.2) is 42.5 Å². The first-order chi connectivity index (χ1) is 10.0. The van der Waals surface area contributed by atoms with Gasteiger partial charge in [-0.1, -0.05) is 53.5 Å². The molecule has 0 aliphatic heterocycles. The molecular weight excluding hydrogens is 312 g/mol. The Morgan fingerprint density at radius 1 is 1.14 bits per heavy atom. The Balaban J connectivity index is 2.25. The minimum atomic E-state index is -0.509. The molecule has 2 rings (SSSR count). The van der Waals surface area contributed by atoms with Gasteiger partial charge >= 0.3 is 0 Å². The summed E-state index contributed by atoms with van der Waals surface area (Å²) >= 11 is 12.1. The summed E-state index contributed by atoms with van der Waals surface area (Å²) in [6, 6.07) is 11.6. The van der Waals surface area contributed by atoms with Gasteiger partial charge in [0.2, 0.25) is 0 Å². The van der Waals surface area contributed by atoms with Gasteiger partial charge in [0.05, 0.1) is 17.7 Å². The number of hydrogen-bond donors (Lipinski definition) is 2. The highest BCUT2D eigenvalue weighted by molar-refractivity contribution is 6.36. The normalized spacial score (nSPS) is 14.0. The fourth-order valence-corrected chi connectivity index (χ4v) is 2.96. The van der Waals surface area contributed by atoms with Crippen LogP contribution in [-0.4, -0.2) is 11.7 Å². The van der Waals surface area contributed by atoms with Crippen LogP contribution in [0.2, 0.25) is 10.0 Å². The van der Waals surface area contributed by atoms with E-state index in [1.165, 1.54) is 12.1 Å². The molecule has 0 saturated carbocycles. The van der Waals surface area contributed by atoms with Crippen molar-refractivity contribution in [2.24, 2.45) is 0 Å². The molecule has 0 aliphatic rings. The highest BCUT2D eigenvalue weighted by Crippen LogP contribution is 2.33. The SMILES string of the molecule is CC(N[C@@H](CO)c1ccccc1)c1c(Cl)ccc(F)c1Cl. The molecule has 21 heavy (non-hydrogen) atoms. The second-order valence-corrected chi connectivity index (χ2v) is 5.58. The number of hydrogen-bond acceptors (Lipinski definition) is 2. The van der Waals surface area contributed by atoms with Gasteiger partial charge in [-0.15, -0.1) is 0 Å². The topological polar surface area (TPSA) is 32.3 Å². The Morgan fingerprint density at radius 2 is 1.81 bits per heavy atom. The molecule has 1 unspecified atom stereocenters. The van der Waals surface area contributed by atoms with Gasteiger partial charge in [0.15, 0.2) is 0 Å². The first-order valence-electron chi connectivity index (χ1n) is 6.59. The van der Waals surface area contributed by atoms with Crippen LogP contribution in [0.4, 0.5) is 4.39 Å². The van der Waals surface area contributed by atoms with E-state index in [0.717, 1.165) is 5.56 Å². The van der Waals surface area contributed by atoms with Gasteiger partial charge in [0, 0.05) is 16.6 Å². The Morgan fingerprint density at radius 3 is 2.43 bits per heavy atom. The summed E-state index contributed by atoms with van der Waals surface area (Å²) in [5.41, 5.74) is 1.43. The van der Waals surface area contributed by atoms with E-state index in [1.807, 2.05) is 37.3 Å². The number of aliphatic hydroxyl groups excluding tert-OH is 1. The van der Waals surface area contributed by atoms with Crippen molar-refractivity contribution in [3.05, 3.63) is 69.5 Å². The maximum atomic E-state index is 13.6. The monoisotopic (exact) mass is 327 g/mol. The summed E-state index contributed by atoms with van der Waals surface area (Å²) in [6.45, 7) is 1.75. The second kappa shape index (κ2) is 7.23. The molecule has 0 radical (unpaired) electrons. The summed E-state index contributed by atoms with van der Waals surface area (Å²) in [6.07, 6.45) is 0. The lowest BCUT2D eigenvalue weighted by Crippen LogP contribution is -2.27. The zero-order chi connectivity index (χ0) is 15.4. The van der Waals surface area contributed by atoms with E-state index in [4.69, 9.17) is 23.2 Å². The lowest BCUT2D eigenvalue weighted by atomic mass is 10.0. The minimum absolute atomic E-state index is 0.00671. The van der Waals surface area contributed by atoms with Gasteiger partial charge < -0.3 is 10.4 Å². The van der Waals surface area contributed by atoms with Crippen LogP contribution in [0.3, 0.4) is 0 Å². The largest absolute Gasteiger partial charge is 0.394 e. The summed E-state index contributed by atoms with van der Waals surface area (Å²) < 4.78 is 13.6. The predicted octanol–water partition coefficient (Wildman–Crippen LogP) is 4.52. The van der Waals surface area contributed by atoms with Gasteiger partial charge in [-0.2, -0.15) is 0 Å². The Kier molecular flexibility index (Phi) is 5.59. The number of halogens is 3. The predicted molar refractivity (Wildman–Crippen MR) is 84.2 cm³/mol. The van der Waals surface area contributed by atoms with Gasteiger partial charge in [-0.3, -0.25) is 0 Å². The number of benzene rings is 2. The molecule has 0 aromatic heterocycles. The summed E-state index contributed by atoms with van der Waals surface area (Å²) in [5, 5.41) is 13.2. The van der Waals surface area contributed by atoms with Crippen LogP contribution in [0.5, 0.6) is 0 Å². The Hall–Kier alpha value is -1.13.